The third-order valence-corrected chi connectivity index (χ3v) is 5.22. The van der Waals surface area contributed by atoms with Crippen LogP contribution in [-0.4, -0.2) is 15.9 Å². The first-order valence-corrected chi connectivity index (χ1v) is 10.0. The van der Waals surface area contributed by atoms with Gasteiger partial charge in [-0.15, -0.1) is 0 Å². The van der Waals surface area contributed by atoms with Gasteiger partial charge in [-0.05, 0) is 42.5 Å². The quantitative estimate of drug-likeness (QED) is 0.663. The van der Waals surface area contributed by atoms with Gasteiger partial charge in [-0.25, -0.2) is 9.97 Å². The highest BCUT2D eigenvalue weighted by Crippen LogP contribution is 2.32. The highest BCUT2D eigenvalue weighted by molar-refractivity contribution is 6.30. The zero-order valence-electron chi connectivity index (χ0n) is 15.8. The van der Waals surface area contributed by atoms with E-state index in [0.717, 1.165) is 53.9 Å². The van der Waals surface area contributed by atoms with E-state index in [4.69, 9.17) is 21.6 Å². The Hall–Kier alpha value is -2.72. The molecule has 142 valence electrons. The molecule has 1 heterocycles. The van der Waals surface area contributed by atoms with Crippen LogP contribution in [0.1, 0.15) is 35.9 Å². The molecular formula is C23H22ClN3O. The second-order valence-corrected chi connectivity index (χ2v) is 7.51. The molecule has 1 aromatic heterocycles. The monoisotopic (exact) mass is 391 g/mol. The second kappa shape index (κ2) is 8.11. The average Bonchev–Trinajstić information content (AvgIpc) is 2.70. The summed E-state index contributed by atoms with van der Waals surface area (Å²) in [4.78, 5) is 22.3. The minimum absolute atomic E-state index is 0.0925. The van der Waals surface area contributed by atoms with Crippen molar-refractivity contribution in [2.45, 2.75) is 39.0 Å². The van der Waals surface area contributed by atoms with Crippen molar-refractivity contribution in [1.82, 2.24) is 9.97 Å². The van der Waals surface area contributed by atoms with Crippen molar-refractivity contribution in [3.05, 3.63) is 76.1 Å². The zero-order chi connectivity index (χ0) is 19.5. The molecule has 5 heteroatoms. The lowest BCUT2D eigenvalue weighted by molar-refractivity contribution is -0.115. The fourth-order valence-corrected chi connectivity index (χ4v) is 3.72. The van der Waals surface area contributed by atoms with Crippen molar-refractivity contribution in [2.75, 3.05) is 5.32 Å². The third kappa shape index (κ3) is 3.92. The van der Waals surface area contributed by atoms with Gasteiger partial charge in [0.15, 0.2) is 5.82 Å². The molecule has 0 saturated carbocycles. The van der Waals surface area contributed by atoms with Gasteiger partial charge in [0.1, 0.15) is 0 Å². The highest BCUT2D eigenvalue weighted by atomic mass is 35.5. The summed E-state index contributed by atoms with van der Waals surface area (Å²) >= 11 is 5.92. The molecule has 1 N–H and O–H groups in total. The number of nitrogens with one attached hydrogen (secondary N) is 1. The van der Waals surface area contributed by atoms with Crippen molar-refractivity contribution >= 4 is 23.3 Å². The number of fused-ring (bicyclic) bond motifs is 3. The van der Waals surface area contributed by atoms with E-state index >= 15 is 0 Å². The molecule has 28 heavy (non-hydrogen) atoms. The molecule has 3 aromatic rings. The molecule has 0 aliphatic heterocycles. The van der Waals surface area contributed by atoms with Crippen LogP contribution in [0.15, 0.2) is 48.5 Å². The first-order valence-electron chi connectivity index (χ1n) is 9.66. The first-order chi connectivity index (χ1) is 13.6. The molecule has 0 fully saturated rings. The summed E-state index contributed by atoms with van der Waals surface area (Å²) < 4.78 is 0. The zero-order valence-corrected chi connectivity index (χ0v) is 16.6. The molecule has 1 aliphatic carbocycles. The average molecular weight is 392 g/mol. The summed E-state index contributed by atoms with van der Waals surface area (Å²) in [5.74, 6) is 0.504. The fraction of sp³-hybridized carbons (Fsp3) is 0.261. The third-order valence-electron chi connectivity index (χ3n) is 4.97. The molecule has 4 nitrogen and oxygen atoms in total. The molecule has 2 aromatic carbocycles. The van der Waals surface area contributed by atoms with Gasteiger partial charge in [0.2, 0.25) is 5.91 Å². The Morgan fingerprint density at radius 2 is 1.86 bits per heavy atom. The summed E-state index contributed by atoms with van der Waals surface area (Å²) in [5.41, 5.74) is 6.15. The number of halogens is 1. The molecule has 0 unspecified atom stereocenters. The van der Waals surface area contributed by atoms with E-state index in [1.165, 1.54) is 5.56 Å². The molecule has 0 saturated heterocycles. The van der Waals surface area contributed by atoms with E-state index in [-0.39, 0.29) is 12.3 Å². The summed E-state index contributed by atoms with van der Waals surface area (Å²) in [7, 11) is 0. The number of hydrogen-bond acceptors (Lipinski definition) is 3. The van der Waals surface area contributed by atoms with E-state index in [0.29, 0.717) is 10.8 Å². The number of carbonyl (C=O) groups excluding carboxylic acids is 1. The topological polar surface area (TPSA) is 54.9 Å². The maximum Gasteiger partial charge on any atom is 0.229 e. The number of hydrogen-bond donors (Lipinski definition) is 1. The van der Waals surface area contributed by atoms with Gasteiger partial charge >= 0.3 is 0 Å². The van der Waals surface area contributed by atoms with E-state index in [9.17, 15) is 4.79 Å². The van der Waals surface area contributed by atoms with E-state index in [1.54, 1.807) is 12.1 Å². The van der Waals surface area contributed by atoms with Gasteiger partial charge in [0.05, 0.1) is 23.5 Å². The summed E-state index contributed by atoms with van der Waals surface area (Å²) in [6.07, 6.45) is 3.79. The van der Waals surface area contributed by atoms with Crippen LogP contribution in [-0.2, 0) is 30.5 Å². The Morgan fingerprint density at radius 1 is 1.07 bits per heavy atom. The molecule has 0 bridgehead atoms. The van der Waals surface area contributed by atoms with Crippen LogP contribution < -0.4 is 5.32 Å². The lowest BCUT2D eigenvalue weighted by atomic mass is 9.91. The number of benzene rings is 2. The number of rotatable bonds is 5. The lowest BCUT2D eigenvalue weighted by Crippen LogP contribution is -2.19. The number of aryl methyl sites for hydroxylation is 3. The number of anilines is 1. The number of nitrogens with zero attached hydrogens (tertiary/aromatic N) is 2. The highest BCUT2D eigenvalue weighted by Gasteiger charge is 2.21. The van der Waals surface area contributed by atoms with Gasteiger partial charge in [-0.1, -0.05) is 61.3 Å². The maximum atomic E-state index is 12.6. The minimum atomic E-state index is -0.0925. The van der Waals surface area contributed by atoms with Crippen LogP contribution >= 0.6 is 11.6 Å². The molecule has 0 spiro atoms. The molecule has 4 rings (SSSR count). The van der Waals surface area contributed by atoms with Crippen LogP contribution in [0.25, 0.3) is 11.3 Å². The summed E-state index contributed by atoms with van der Waals surface area (Å²) in [6, 6.07) is 15.7. The van der Waals surface area contributed by atoms with E-state index in [1.807, 2.05) is 18.2 Å². The maximum absolute atomic E-state index is 12.6. The van der Waals surface area contributed by atoms with Gasteiger partial charge in [0.25, 0.3) is 0 Å². The largest absolute Gasteiger partial charge is 0.309 e. The van der Waals surface area contributed by atoms with Crippen molar-refractivity contribution in [3.8, 4) is 11.3 Å². The van der Waals surface area contributed by atoms with Crippen molar-refractivity contribution < 1.29 is 4.79 Å². The van der Waals surface area contributed by atoms with Crippen LogP contribution in [0.5, 0.6) is 0 Å². The number of amides is 1. The molecular weight excluding hydrogens is 370 g/mol. The second-order valence-electron chi connectivity index (χ2n) is 7.07. The smallest absolute Gasteiger partial charge is 0.229 e. The van der Waals surface area contributed by atoms with Gasteiger partial charge in [-0.3, -0.25) is 4.79 Å². The Labute approximate surface area is 170 Å². The van der Waals surface area contributed by atoms with E-state index < -0.39 is 0 Å². The molecule has 0 atom stereocenters. The van der Waals surface area contributed by atoms with Crippen LogP contribution in [0, 0.1) is 0 Å². The fourth-order valence-electron chi connectivity index (χ4n) is 3.59. The van der Waals surface area contributed by atoms with Crippen molar-refractivity contribution in [3.63, 3.8) is 0 Å². The van der Waals surface area contributed by atoms with E-state index in [2.05, 4.69) is 30.4 Å². The van der Waals surface area contributed by atoms with Crippen LogP contribution in [0.4, 0.5) is 5.82 Å². The van der Waals surface area contributed by atoms with Gasteiger partial charge < -0.3 is 5.32 Å². The SMILES string of the molecule is CCCc1nc2c(nc1NC(=O)Cc1ccc(Cl)cc1)CCc1ccccc1-2. The van der Waals surface area contributed by atoms with Gasteiger partial charge in [0, 0.05) is 10.6 Å². The van der Waals surface area contributed by atoms with Crippen molar-refractivity contribution in [2.24, 2.45) is 0 Å². The summed E-state index contributed by atoms with van der Waals surface area (Å²) in [6.45, 7) is 2.11. The predicted molar refractivity (Wildman–Crippen MR) is 113 cm³/mol. The van der Waals surface area contributed by atoms with Gasteiger partial charge in [-0.2, -0.15) is 0 Å². The summed E-state index contributed by atoms with van der Waals surface area (Å²) in [5, 5.41) is 3.65. The standard InChI is InChI=1S/C23H22ClN3O/c1-2-5-20-23(27-21(28)14-15-8-11-17(24)12-9-15)26-19-13-10-16-6-3-4-7-18(16)22(19)25-20/h3-4,6-9,11-12H,2,5,10,13-14H2,1H3,(H,26,27,28). The number of aromatic nitrogens is 2. The van der Waals surface area contributed by atoms with Crippen molar-refractivity contribution in [1.29, 1.82) is 0 Å². The Kier molecular flexibility index (Phi) is 5.40. The first kappa shape index (κ1) is 18.6. The normalized spacial score (nSPS) is 12.2. The lowest BCUT2D eigenvalue weighted by Gasteiger charge is -2.20. The van der Waals surface area contributed by atoms with Crippen LogP contribution in [0.3, 0.4) is 0 Å². The number of carbonyl (C=O) groups is 1. The Bertz CT molecular complexity index is 1010. The predicted octanol–water partition coefficient (Wildman–Crippen LogP) is 5.03. The van der Waals surface area contributed by atoms with Crippen LogP contribution in [0.2, 0.25) is 5.02 Å². The Morgan fingerprint density at radius 3 is 2.64 bits per heavy atom. The molecule has 1 aliphatic rings. The minimum Gasteiger partial charge on any atom is -0.309 e. The molecule has 0 radical (unpaired) electrons. The Balaban J connectivity index is 1.62. The molecule has 1 amide bonds.